The number of anilines is 2. The van der Waals surface area contributed by atoms with Crippen LogP contribution < -0.4 is 5.32 Å². The van der Waals surface area contributed by atoms with E-state index in [0.717, 1.165) is 6.07 Å². The van der Waals surface area contributed by atoms with Crippen molar-refractivity contribution >= 4 is 23.1 Å². The monoisotopic (exact) mass is 314 g/mol. The third-order valence-corrected chi connectivity index (χ3v) is 3.11. The number of hydrogen-bond acceptors (Lipinski definition) is 3. The van der Waals surface area contributed by atoms with Crippen LogP contribution in [0.1, 0.15) is 16.8 Å². The van der Waals surface area contributed by atoms with Crippen molar-refractivity contribution in [2.75, 3.05) is 5.32 Å². The molecule has 1 heterocycles. The van der Waals surface area contributed by atoms with Crippen LogP contribution in [0.2, 0.25) is 5.02 Å². The summed E-state index contributed by atoms with van der Waals surface area (Å²) < 4.78 is 40.4. The Morgan fingerprint density at radius 1 is 1.38 bits per heavy atom. The second-order valence-electron chi connectivity index (χ2n) is 4.36. The highest BCUT2D eigenvalue weighted by atomic mass is 35.5. The molecule has 0 aliphatic carbocycles. The summed E-state index contributed by atoms with van der Waals surface area (Å²) in [6.07, 6.45) is -4.56. The van der Waals surface area contributed by atoms with Gasteiger partial charge in [0, 0.05) is 12.1 Å². The third-order valence-electron chi connectivity index (χ3n) is 2.87. The Kier molecular flexibility index (Phi) is 3.83. The Morgan fingerprint density at radius 3 is 2.62 bits per heavy atom. The fourth-order valence-corrected chi connectivity index (χ4v) is 2.10. The minimum Gasteiger partial charge on any atom is -0.339 e. The van der Waals surface area contributed by atoms with Gasteiger partial charge in [-0.25, -0.2) is 0 Å². The normalized spacial score (nSPS) is 11.3. The molecule has 0 spiro atoms. The van der Waals surface area contributed by atoms with E-state index >= 15 is 0 Å². The summed E-state index contributed by atoms with van der Waals surface area (Å²) in [6.45, 7) is 1.61. The summed E-state index contributed by atoms with van der Waals surface area (Å²) in [4.78, 5) is 0. The van der Waals surface area contributed by atoms with E-state index in [4.69, 9.17) is 16.9 Å². The van der Waals surface area contributed by atoms with Crippen molar-refractivity contribution in [2.45, 2.75) is 13.1 Å². The topological polar surface area (TPSA) is 53.6 Å². The van der Waals surface area contributed by atoms with Gasteiger partial charge in [0.25, 0.3) is 0 Å². The first-order valence-corrected chi connectivity index (χ1v) is 6.19. The fourth-order valence-electron chi connectivity index (χ4n) is 1.92. The molecule has 0 saturated carbocycles. The van der Waals surface area contributed by atoms with E-state index in [1.807, 2.05) is 6.07 Å². The molecule has 8 heteroatoms. The van der Waals surface area contributed by atoms with Gasteiger partial charge in [-0.2, -0.15) is 23.5 Å². The number of nitrogens with zero attached hydrogens (tertiary/aromatic N) is 3. The Bertz CT molecular complexity index is 728. The number of halogens is 4. The fraction of sp³-hybridized carbons (Fsp3) is 0.231. The predicted octanol–water partition coefficient (Wildman–Crippen LogP) is 4.02. The average Bonchev–Trinajstić information content (AvgIpc) is 2.64. The molecule has 4 nitrogen and oxygen atoms in total. The van der Waals surface area contributed by atoms with Crippen LogP contribution >= 0.6 is 11.6 Å². The maximum atomic E-state index is 13.0. The molecule has 0 unspecified atom stereocenters. The quantitative estimate of drug-likeness (QED) is 0.911. The second-order valence-corrected chi connectivity index (χ2v) is 4.79. The van der Waals surface area contributed by atoms with Crippen LogP contribution in [0.25, 0.3) is 0 Å². The standard InChI is InChI=1S/C13H10ClF3N4/c1-7-9(6-18)12(21(2)20-7)19-11-4-3-8(14)5-10(11)13(15,16)17/h3-5,19H,1-2H3. The zero-order chi connectivity index (χ0) is 15.8. The summed E-state index contributed by atoms with van der Waals surface area (Å²) >= 11 is 5.62. The maximum absolute atomic E-state index is 13.0. The van der Waals surface area contributed by atoms with Crippen LogP contribution in [0.3, 0.4) is 0 Å². The molecule has 2 aromatic rings. The highest BCUT2D eigenvalue weighted by Crippen LogP contribution is 2.38. The van der Waals surface area contributed by atoms with Crippen LogP contribution in [0.15, 0.2) is 18.2 Å². The minimum absolute atomic E-state index is 0.0189. The van der Waals surface area contributed by atoms with Gasteiger partial charge in [0.1, 0.15) is 17.5 Å². The molecule has 0 radical (unpaired) electrons. The van der Waals surface area contributed by atoms with Crippen molar-refractivity contribution in [3.05, 3.63) is 40.0 Å². The van der Waals surface area contributed by atoms with Crippen LogP contribution in [0.4, 0.5) is 24.7 Å². The largest absolute Gasteiger partial charge is 0.418 e. The first-order chi connectivity index (χ1) is 9.74. The van der Waals surface area contributed by atoms with Crippen LogP contribution in [0, 0.1) is 18.3 Å². The number of hydrogen-bond donors (Lipinski definition) is 1. The lowest BCUT2D eigenvalue weighted by atomic mass is 10.1. The summed E-state index contributed by atoms with van der Waals surface area (Å²) in [5.74, 6) is 0.197. The Labute approximate surface area is 123 Å². The molecule has 0 aliphatic heterocycles. The first-order valence-electron chi connectivity index (χ1n) is 5.81. The van der Waals surface area contributed by atoms with Gasteiger partial charge < -0.3 is 5.32 Å². The number of benzene rings is 1. The lowest BCUT2D eigenvalue weighted by Crippen LogP contribution is -2.10. The van der Waals surface area contributed by atoms with Gasteiger partial charge in [-0.15, -0.1) is 0 Å². The molecular weight excluding hydrogens is 305 g/mol. The van der Waals surface area contributed by atoms with E-state index in [-0.39, 0.29) is 22.1 Å². The van der Waals surface area contributed by atoms with Gasteiger partial charge in [-0.05, 0) is 25.1 Å². The molecule has 0 saturated heterocycles. The summed E-state index contributed by atoms with van der Waals surface area (Å²) in [5, 5.41) is 15.7. The third kappa shape index (κ3) is 2.95. The average molecular weight is 315 g/mol. The van der Waals surface area contributed by atoms with Gasteiger partial charge >= 0.3 is 6.18 Å². The molecule has 110 valence electrons. The van der Waals surface area contributed by atoms with Crippen molar-refractivity contribution in [2.24, 2.45) is 7.05 Å². The molecular formula is C13H10ClF3N4. The van der Waals surface area contributed by atoms with E-state index in [2.05, 4.69) is 10.4 Å². The van der Waals surface area contributed by atoms with Crippen molar-refractivity contribution in [1.82, 2.24) is 9.78 Å². The summed E-state index contributed by atoms with van der Waals surface area (Å²) in [6, 6.07) is 5.31. The van der Waals surface area contributed by atoms with Crippen molar-refractivity contribution in [3.63, 3.8) is 0 Å². The van der Waals surface area contributed by atoms with E-state index in [9.17, 15) is 13.2 Å². The van der Waals surface area contributed by atoms with E-state index in [0.29, 0.717) is 5.69 Å². The lowest BCUT2D eigenvalue weighted by molar-refractivity contribution is -0.136. The smallest absolute Gasteiger partial charge is 0.339 e. The van der Waals surface area contributed by atoms with Crippen LogP contribution in [0.5, 0.6) is 0 Å². The van der Waals surface area contributed by atoms with Crippen molar-refractivity contribution in [1.29, 1.82) is 5.26 Å². The highest BCUT2D eigenvalue weighted by molar-refractivity contribution is 6.30. The van der Waals surface area contributed by atoms with E-state index < -0.39 is 11.7 Å². The van der Waals surface area contributed by atoms with Gasteiger partial charge in [-0.3, -0.25) is 4.68 Å². The zero-order valence-electron chi connectivity index (χ0n) is 11.1. The number of alkyl halides is 3. The van der Waals surface area contributed by atoms with Crippen molar-refractivity contribution < 1.29 is 13.2 Å². The first kappa shape index (κ1) is 15.2. The van der Waals surface area contributed by atoms with Crippen LogP contribution in [-0.2, 0) is 13.2 Å². The number of aromatic nitrogens is 2. The number of nitrogens with one attached hydrogen (secondary N) is 1. The van der Waals surface area contributed by atoms with E-state index in [1.54, 1.807) is 14.0 Å². The van der Waals surface area contributed by atoms with Crippen molar-refractivity contribution in [3.8, 4) is 6.07 Å². The lowest BCUT2D eigenvalue weighted by Gasteiger charge is -2.15. The highest BCUT2D eigenvalue weighted by Gasteiger charge is 2.34. The number of nitriles is 1. The predicted molar refractivity (Wildman–Crippen MR) is 72.4 cm³/mol. The van der Waals surface area contributed by atoms with Gasteiger partial charge in [-0.1, -0.05) is 11.6 Å². The Morgan fingerprint density at radius 2 is 2.05 bits per heavy atom. The SMILES string of the molecule is Cc1nn(C)c(Nc2ccc(Cl)cc2C(F)(F)F)c1C#N. The molecule has 0 fully saturated rings. The Hall–Kier alpha value is -2.20. The second kappa shape index (κ2) is 5.30. The number of rotatable bonds is 2. The summed E-state index contributed by atoms with van der Waals surface area (Å²) in [5.41, 5.74) is -0.463. The molecule has 2 rings (SSSR count). The van der Waals surface area contributed by atoms with Gasteiger partial charge in [0.05, 0.1) is 16.9 Å². The van der Waals surface area contributed by atoms with Gasteiger partial charge in [0.15, 0.2) is 0 Å². The number of aryl methyl sites for hydroxylation is 2. The molecule has 0 aliphatic rings. The Balaban J connectivity index is 2.53. The van der Waals surface area contributed by atoms with Crippen LogP contribution in [-0.4, -0.2) is 9.78 Å². The molecule has 0 amide bonds. The maximum Gasteiger partial charge on any atom is 0.418 e. The molecule has 1 aromatic heterocycles. The minimum atomic E-state index is -4.56. The summed E-state index contributed by atoms with van der Waals surface area (Å²) in [7, 11) is 1.54. The molecule has 1 N–H and O–H groups in total. The molecule has 21 heavy (non-hydrogen) atoms. The zero-order valence-corrected chi connectivity index (χ0v) is 11.8. The molecule has 1 aromatic carbocycles. The van der Waals surface area contributed by atoms with E-state index in [1.165, 1.54) is 16.8 Å². The molecule has 0 atom stereocenters. The molecule has 0 bridgehead atoms. The van der Waals surface area contributed by atoms with Gasteiger partial charge in [0.2, 0.25) is 0 Å².